The minimum atomic E-state index is -0.840. The number of hydrogen-bond acceptors (Lipinski definition) is 3. The van der Waals surface area contributed by atoms with Gasteiger partial charge in [-0.3, -0.25) is 0 Å². The molecule has 0 saturated carbocycles. The monoisotopic (exact) mass is 442 g/mol. The zero-order valence-electron chi connectivity index (χ0n) is 18.6. The van der Waals surface area contributed by atoms with Crippen LogP contribution in [0.3, 0.4) is 0 Å². The second-order valence-corrected chi connectivity index (χ2v) is 9.50. The maximum absolute atomic E-state index is 5.95. The first-order chi connectivity index (χ1) is 15.8. The normalized spacial score (nSPS) is 10.8. The minimum Gasteiger partial charge on any atom is -0.493 e. The Morgan fingerprint density at radius 1 is 0.594 bits per heavy atom. The Labute approximate surface area is 191 Å². The standard InChI is InChI=1S/C28H27O3P/c1-29-25-20-26(32(22-15-9-5-10-16-22)23-17-11-6-12-18-23)24(27(30-2)28(25)31-3)19-21-13-7-4-8-14-21/h4-18,20H,19H2,1-3H3. The molecule has 0 atom stereocenters. The van der Waals surface area contributed by atoms with Crippen LogP contribution >= 0.6 is 7.92 Å². The molecule has 4 aromatic carbocycles. The van der Waals surface area contributed by atoms with E-state index in [-0.39, 0.29) is 0 Å². The summed E-state index contributed by atoms with van der Waals surface area (Å²) in [7, 11) is 4.19. The summed E-state index contributed by atoms with van der Waals surface area (Å²) in [5.41, 5.74) is 2.34. The van der Waals surface area contributed by atoms with Gasteiger partial charge in [0.2, 0.25) is 5.75 Å². The van der Waals surface area contributed by atoms with E-state index in [1.807, 2.05) is 6.07 Å². The summed E-state index contributed by atoms with van der Waals surface area (Å²) in [6.07, 6.45) is 0.734. The molecule has 32 heavy (non-hydrogen) atoms. The van der Waals surface area contributed by atoms with Gasteiger partial charge in [-0.25, -0.2) is 0 Å². The Bertz CT molecular complexity index is 1110. The van der Waals surface area contributed by atoms with Crippen LogP contribution in [-0.4, -0.2) is 21.3 Å². The lowest BCUT2D eigenvalue weighted by Crippen LogP contribution is -2.24. The van der Waals surface area contributed by atoms with Crippen molar-refractivity contribution in [3.8, 4) is 17.2 Å². The zero-order chi connectivity index (χ0) is 22.3. The third-order valence-electron chi connectivity index (χ3n) is 5.40. The van der Waals surface area contributed by atoms with Gasteiger partial charge in [0.05, 0.1) is 21.3 Å². The summed E-state index contributed by atoms with van der Waals surface area (Å²) in [6.45, 7) is 0. The average Bonchev–Trinajstić information content (AvgIpc) is 2.86. The van der Waals surface area contributed by atoms with Crippen LogP contribution in [0, 0.1) is 0 Å². The van der Waals surface area contributed by atoms with Gasteiger partial charge >= 0.3 is 0 Å². The highest BCUT2D eigenvalue weighted by Gasteiger charge is 2.27. The molecule has 0 aliphatic heterocycles. The molecule has 162 valence electrons. The van der Waals surface area contributed by atoms with E-state index in [9.17, 15) is 0 Å². The van der Waals surface area contributed by atoms with Gasteiger partial charge in [-0.15, -0.1) is 0 Å². The molecule has 0 heterocycles. The molecule has 0 aromatic heterocycles. The highest BCUT2D eigenvalue weighted by molar-refractivity contribution is 7.80. The highest BCUT2D eigenvalue weighted by atomic mass is 31.1. The molecule has 0 radical (unpaired) electrons. The first-order valence-corrected chi connectivity index (χ1v) is 11.9. The quantitative estimate of drug-likeness (QED) is 0.357. The van der Waals surface area contributed by atoms with Crippen LogP contribution in [0.2, 0.25) is 0 Å². The lowest BCUT2D eigenvalue weighted by molar-refractivity contribution is 0.323. The number of ether oxygens (including phenoxy) is 3. The van der Waals surface area contributed by atoms with E-state index in [1.165, 1.54) is 21.5 Å². The number of hydrogen-bond donors (Lipinski definition) is 0. The zero-order valence-corrected chi connectivity index (χ0v) is 19.5. The van der Waals surface area contributed by atoms with E-state index in [2.05, 4.69) is 91.0 Å². The average molecular weight is 442 g/mol. The van der Waals surface area contributed by atoms with Crippen molar-refractivity contribution in [2.24, 2.45) is 0 Å². The van der Waals surface area contributed by atoms with Crippen LogP contribution in [0.1, 0.15) is 11.1 Å². The fourth-order valence-electron chi connectivity index (χ4n) is 3.95. The maximum atomic E-state index is 5.95. The van der Waals surface area contributed by atoms with Crippen molar-refractivity contribution in [2.45, 2.75) is 6.42 Å². The largest absolute Gasteiger partial charge is 0.493 e. The van der Waals surface area contributed by atoms with Gasteiger partial charge in [-0.1, -0.05) is 91.0 Å². The molecule has 0 bridgehead atoms. The maximum Gasteiger partial charge on any atom is 0.203 e. The molecule has 0 fully saturated rings. The molecule has 0 amide bonds. The third kappa shape index (κ3) is 4.49. The van der Waals surface area contributed by atoms with E-state index < -0.39 is 7.92 Å². The molecule has 0 N–H and O–H groups in total. The van der Waals surface area contributed by atoms with Gasteiger partial charge in [0.25, 0.3) is 0 Å². The fraction of sp³-hybridized carbons (Fsp3) is 0.143. The van der Waals surface area contributed by atoms with E-state index >= 15 is 0 Å². The summed E-state index contributed by atoms with van der Waals surface area (Å²) in [5, 5.41) is 3.75. The molecule has 0 unspecified atom stereocenters. The first-order valence-electron chi connectivity index (χ1n) is 10.5. The van der Waals surface area contributed by atoms with Gasteiger partial charge in [0, 0.05) is 12.0 Å². The van der Waals surface area contributed by atoms with Crippen LogP contribution in [0.25, 0.3) is 0 Å². The highest BCUT2D eigenvalue weighted by Crippen LogP contribution is 2.45. The van der Waals surface area contributed by atoms with Crippen LogP contribution in [0.15, 0.2) is 97.1 Å². The Hall–Kier alpha value is -3.29. The molecule has 0 aliphatic rings. The third-order valence-corrected chi connectivity index (χ3v) is 7.91. The van der Waals surface area contributed by atoms with Gasteiger partial charge < -0.3 is 14.2 Å². The second kappa shape index (κ2) is 10.3. The molecule has 3 nitrogen and oxygen atoms in total. The van der Waals surface area contributed by atoms with E-state index in [0.717, 1.165) is 17.7 Å². The van der Waals surface area contributed by atoms with Gasteiger partial charge in [-0.05, 0) is 35.5 Å². The smallest absolute Gasteiger partial charge is 0.203 e. The Morgan fingerprint density at radius 2 is 1.09 bits per heavy atom. The van der Waals surface area contributed by atoms with Crippen molar-refractivity contribution in [3.63, 3.8) is 0 Å². The topological polar surface area (TPSA) is 27.7 Å². The Morgan fingerprint density at radius 3 is 1.56 bits per heavy atom. The summed E-state index contributed by atoms with van der Waals surface area (Å²) in [5.74, 6) is 2.03. The molecular weight excluding hydrogens is 415 g/mol. The molecule has 0 aliphatic carbocycles. The van der Waals surface area contributed by atoms with Crippen molar-refractivity contribution in [1.82, 2.24) is 0 Å². The van der Waals surface area contributed by atoms with Gasteiger partial charge in [-0.2, -0.15) is 0 Å². The van der Waals surface area contributed by atoms with E-state index in [4.69, 9.17) is 14.2 Å². The second-order valence-electron chi connectivity index (χ2n) is 7.31. The first kappa shape index (κ1) is 21.9. The van der Waals surface area contributed by atoms with Crippen LogP contribution < -0.4 is 30.1 Å². The van der Waals surface area contributed by atoms with Crippen molar-refractivity contribution in [2.75, 3.05) is 21.3 Å². The SMILES string of the molecule is COc1cc(P(c2ccccc2)c2ccccc2)c(Cc2ccccc2)c(OC)c1OC. The summed E-state index contributed by atoms with van der Waals surface area (Å²) in [4.78, 5) is 0. The van der Waals surface area contributed by atoms with Crippen molar-refractivity contribution in [3.05, 3.63) is 108 Å². The summed E-state index contributed by atoms with van der Waals surface area (Å²) in [6, 6.07) is 33.9. The van der Waals surface area contributed by atoms with Crippen molar-refractivity contribution >= 4 is 23.8 Å². The molecule has 4 aromatic rings. The summed E-state index contributed by atoms with van der Waals surface area (Å²) >= 11 is 0. The number of methoxy groups -OCH3 is 3. The molecule has 0 spiro atoms. The lowest BCUT2D eigenvalue weighted by atomic mass is 10.0. The molecular formula is C28H27O3P. The van der Waals surface area contributed by atoms with Gasteiger partial charge in [0.15, 0.2) is 11.5 Å². The molecule has 4 heteroatoms. The summed E-state index contributed by atoms with van der Waals surface area (Å²) < 4.78 is 17.4. The predicted molar refractivity (Wildman–Crippen MR) is 134 cm³/mol. The molecule has 4 rings (SSSR count). The van der Waals surface area contributed by atoms with Crippen molar-refractivity contribution in [1.29, 1.82) is 0 Å². The Balaban J connectivity index is 2.01. The van der Waals surface area contributed by atoms with Gasteiger partial charge in [0.1, 0.15) is 0 Å². The van der Waals surface area contributed by atoms with E-state index in [1.54, 1.807) is 21.3 Å². The van der Waals surface area contributed by atoms with Crippen LogP contribution in [-0.2, 0) is 6.42 Å². The minimum absolute atomic E-state index is 0.626. The van der Waals surface area contributed by atoms with Crippen LogP contribution in [0.4, 0.5) is 0 Å². The van der Waals surface area contributed by atoms with E-state index in [0.29, 0.717) is 11.5 Å². The molecule has 0 saturated heterocycles. The number of benzene rings is 4. The predicted octanol–water partition coefficient (Wildman–Crippen LogP) is 5.06. The fourth-order valence-corrected chi connectivity index (χ4v) is 6.45. The lowest BCUT2D eigenvalue weighted by Gasteiger charge is -2.26. The van der Waals surface area contributed by atoms with Crippen molar-refractivity contribution < 1.29 is 14.2 Å². The van der Waals surface area contributed by atoms with Crippen LogP contribution in [0.5, 0.6) is 17.2 Å². The number of rotatable bonds is 8. The Kier molecular flexibility index (Phi) is 7.09.